The Kier molecular flexibility index (Phi) is 6.93. The van der Waals surface area contributed by atoms with Crippen molar-refractivity contribution in [2.45, 2.75) is 31.9 Å². The first-order valence-corrected chi connectivity index (χ1v) is 8.57. The molecule has 7 heteroatoms. The summed E-state index contributed by atoms with van der Waals surface area (Å²) in [6.45, 7) is 4.71. The number of hydrogen-bond acceptors (Lipinski definition) is 7. The molecule has 0 fully saturated rings. The van der Waals surface area contributed by atoms with Gasteiger partial charge in [-0.25, -0.2) is 0 Å². The minimum atomic E-state index is -0.176. The van der Waals surface area contributed by atoms with Crippen LogP contribution in [0, 0.1) is 0 Å². The van der Waals surface area contributed by atoms with E-state index >= 15 is 0 Å². The van der Waals surface area contributed by atoms with Crippen LogP contribution in [0.3, 0.4) is 0 Å². The van der Waals surface area contributed by atoms with Gasteiger partial charge in [0.05, 0.1) is 18.8 Å². The summed E-state index contributed by atoms with van der Waals surface area (Å²) in [5.41, 5.74) is 0.778. The zero-order valence-electron chi connectivity index (χ0n) is 13.3. The molecule has 124 valence electrons. The second-order valence-corrected chi connectivity index (χ2v) is 5.61. The van der Waals surface area contributed by atoms with E-state index in [9.17, 15) is 4.79 Å². The molecule has 0 saturated heterocycles. The summed E-state index contributed by atoms with van der Waals surface area (Å²) in [6.07, 6.45) is 1.10. The summed E-state index contributed by atoms with van der Waals surface area (Å²) >= 11 is 1.43. The molecule has 0 aliphatic heterocycles. The van der Waals surface area contributed by atoms with Crippen molar-refractivity contribution in [2.24, 2.45) is 0 Å². The molecule has 0 saturated carbocycles. The van der Waals surface area contributed by atoms with E-state index in [1.54, 1.807) is 6.92 Å². The second kappa shape index (κ2) is 9.19. The first-order valence-electron chi connectivity index (χ1n) is 7.58. The van der Waals surface area contributed by atoms with E-state index in [2.05, 4.69) is 10.2 Å². The summed E-state index contributed by atoms with van der Waals surface area (Å²) in [6, 6.07) is 7.55. The number of para-hydroxylation sites is 1. The predicted molar refractivity (Wildman–Crippen MR) is 87.5 cm³/mol. The molecule has 0 unspecified atom stereocenters. The molecule has 1 aromatic carbocycles. The minimum absolute atomic E-state index is 0.176. The fourth-order valence-electron chi connectivity index (χ4n) is 1.91. The van der Waals surface area contributed by atoms with E-state index in [0.29, 0.717) is 42.9 Å². The fourth-order valence-corrected chi connectivity index (χ4v) is 2.61. The molecular weight excluding hydrogens is 316 g/mol. The van der Waals surface area contributed by atoms with E-state index in [-0.39, 0.29) is 5.97 Å². The summed E-state index contributed by atoms with van der Waals surface area (Å²) in [7, 11) is 0. The van der Waals surface area contributed by atoms with Gasteiger partial charge in [0.15, 0.2) is 0 Å². The van der Waals surface area contributed by atoms with Crippen molar-refractivity contribution in [1.82, 2.24) is 10.2 Å². The number of hydrogen-bond donors (Lipinski definition) is 0. The maximum absolute atomic E-state index is 11.2. The number of thioether (sulfide) groups is 1. The Bertz CT molecular complexity index is 630. The van der Waals surface area contributed by atoms with Gasteiger partial charge >= 0.3 is 5.97 Å². The van der Waals surface area contributed by atoms with Crippen LogP contribution in [0.2, 0.25) is 0 Å². The Labute approximate surface area is 139 Å². The highest BCUT2D eigenvalue weighted by Crippen LogP contribution is 2.30. The van der Waals surface area contributed by atoms with Gasteiger partial charge in [-0.2, -0.15) is 0 Å². The third kappa shape index (κ3) is 5.28. The van der Waals surface area contributed by atoms with Gasteiger partial charge in [-0.1, -0.05) is 23.9 Å². The maximum atomic E-state index is 11.2. The minimum Gasteiger partial charge on any atom is -0.493 e. The summed E-state index contributed by atoms with van der Waals surface area (Å²) < 4.78 is 16.1. The second-order valence-electron chi connectivity index (χ2n) is 4.56. The van der Waals surface area contributed by atoms with Crippen molar-refractivity contribution in [2.75, 3.05) is 19.0 Å². The number of nitrogens with zero attached hydrogens (tertiary/aromatic N) is 2. The third-order valence-corrected chi connectivity index (χ3v) is 3.78. The Morgan fingerprint density at radius 3 is 2.83 bits per heavy atom. The monoisotopic (exact) mass is 336 g/mol. The highest BCUT2D eigenvalue weighted by Gasteiger charge is 2.13. The number of benzene rings is 1. The van der Waals surface area contributed by atoms with E-state index in [1.807, 2.05) is 31.2 Å². The van der Waals surface area contributed by atoms with Crippen molar-refractivity contribution in [3.05, 3.63) is 24.3 Å². The van der Waals surface area contributed by atoms with Crippen molar-refractivity contribution in [1.29, 1.82) is 0 Å². The number of esters is 1. The van der Waals surface area contributed by atoms with Crippen LogP contribution in [0.15, 0.2) is 33.9 Å². The lowest BCUT2D eigenvalue weighted by Crippen LogP contribution is -2.03. The average Bonchev–Trinajstić information content (AvgIpc) is 3.01. The van der Waals surface area contributed by atoms with Crippen LogP contribution in [0.25, 0.3) is 11.5 Å². The molecule has 23 heavy (non-hydrogen) atoms. The fraction of sp³-hybridized carbons (Fsp3) is 0.438. The average molecular weight is 336 g/mol. The molecule has 2 rings (SSSR count). The largest absolute Gasteiger partial charge is 0.493 e. The molecule has 0 radical (unpaired) electrons. The Hall–Kier alpha value is -2.02. The molecule has 0 bridgehead atoms. The molecule has 0 spiro atoms. The van der Waals surface area contributed by atoms with Gasteiger partial charge in [0, 0.05) is 12.2 Å². The van der Waals surface area contributed by atoms with Crippen molar-refractivity contribution in [3.8, 4) is 17.2 Å². The third-order valence-electron chi connectivity index (χ3n) is 2.88. The van der Waals surface area contributed by atoms with Crippen molar-refractivity contribution >= 4 is 17.7 Å². The number of ether oxygens (including phenoxy) is 2. The molecular formula is C16H20N2O4S. The van der Waals surface area contributed by atoms with Gasteiger partial charge in [0.1, 0.15) is 5.75 Å². The number of carbonyl (C=O) groups is 1. The molecule has 2 aromatic rings. The van der Waals surface area contributed by atoms with Gasteiger partial charge in [0.25, 0.3) is 11.1 Å². The summed E-state index contributed by atoms with van der Waals surface area (Å²) in [5, 5.41) is 8.57. The highest BCUT2D eigenvalue weighted by atomic mass is 32.2. The highest BCUT2D eigenvalue weighted by molar-refractivity contribution is 7.99. The molecule has 0 aliphatic rings. The zero-order chi connectivity index (χ0) is 16.5. The van der Waals surface area contributed by atoms with Crippen molar-refractivity contribution < 1.29 is 18.7 Å². The Balaban J connectivity index is 1.90. The molecule has 0 aliphatic carbocycles. The molecule has 6 nitrogen and oxygen atoms in total. The smallest absolute Gasteiger partial charge is 0.305 e. The molecule has 1 heterocycles. The van der Waals surface area contributed by atoms with Crippen molar-refractivity contribution in [3.63, 3.8) is 0 Å². The van der Waals surface area contributed by atoms with Crippen LogP contribution in [0.4, 0.5) is 0 Å². The van der Waals surface area contributed by atoms with Gasteiger partial charge in [-0.05, 0) is 32.4 Å². The zero-order valence-corrected chi connectivity index (χ0v) is 14.1. The normalized spacial score (nSPS) is 10.5. The number of carbonyl (C=O) groups excluding carboxylic acids is 1. The SMILES string of the molecule is CCOC(=O)CCCSc1nnc(-c2ccccc2OCC)o1. The Morgan fingerprint density at radius 1 is 1.22 bits per heavy atom. The topological polar surface area (TPSA) is 74.5 Å². The van der Waals surface area contributed by atoms with Crippen LogP contribution < -0.4 is 4.74 Å². The maximum Gasteiger partial charge on any atom is 0.305 e. The van der Waals surface area contributed by atoms with Gasteiger partial charge < -0.3 is 13.9 Å². The van der Waals surface area contributed by atoms with E-state index < -0.39 is 0 Å². The Morgan fingerprint density at radius 2 is 2.04 bits per heavy atom. The molecule has 0 atom stereocenters. The van der Waals surface area contributed by atoms with Gasteiger partial charge in [-0.3, -0.25) is 4.79 Å². The predicted octanol–water partition coefficient (Wildman–Crippen LogP) is 3.57. The van der Waals surface area contributed by atoms with Crippen LogP contribution >= 0.6 is 11.8 Å². The van der Waals surface area contributed by atoms with E-state index in [0.717, 1.165) is 11.3 Å². The van der Waals surface area contributed by atoms with Gasteiger partial charge in [-0.15, -0.1) is 10.2 Å². The number of aromatic nitrogens is 2. The van der Waals surface area contributed by atoms with Crippen LogP contribution in [-0.4, -0.2) is 35.1 Å². The molecule has 1 aromatic heterocycles. The molecule has 0 N–H and O–H groups in total. The quantitative estimate of drug-likeness (QED) is 0.393. The lowest BCUT2D eigenvalue weighted by Gasteiger charge is -2.06. The lowest BCUT2D eigenvalue weighted by molar-refractivity contribution is -0.143. The summed E-state index contributed by atoms with van der Waals surface area (Å²) in [5.74, 6) is 1.69. The number of rotatable bonds is 9. The first-order chi connectivity index (χ1) is 11.2. The van der Waals surface area contributed by atoms with Crippen LogP contribution in [0.5, 0.6) is 5.75 Å². The van der Waals surface area contributed by atoms with E-state index in [1.165, 1.54) is 11.8 Å². The van der Waals surface area contributed by atoms with E-state index in [4.69, 9.17) is 13.9 Å². The molecule has 0 amide bonds. The standard InChI is InChI=1S/C16H20N2O4S/c1-3-20-13-9-6-5-8-12(13)15-17-18-16(22-15)23-11-7-10-14(19)21-4-2/h5-6,8-9H,3-4,7,10-11H2,1-2H3. The first kappa shape index (κ1) is 17.3. The van der Waals surface area contributed by atoms with Crippen LogP contribution in [-0.2, 0) is 9.53 Å². The van der Waals surface area contributed by atoms with Gasteiger partial charge in [0.2, 0.25) is 0 Å². The summed E-state index contributed by atoms with van der Waals surface area (Å²) in [4.78, 5) is 11.2. The lowest BCUT2D eigenvalue weighted by atomic mass is 10.2. The van der Waals surface area contributed by atoms with Crippen LogP contribution in [0.1, 0.15) is 26.7 Å².